The summed E-state index contributed by atoms with van der Waals surface area (Å²) in [7, 11) is 0. The van der Waals surface area contributed by atoms with Gasteiger partial charge in [-0.1, -0.05) is 13.8 Å². The van der Waals surface area contributed by atoms with Crippen molar-refractivity contribution in [2.24, 2.45) is 11.1 Å². The fourth-order valence-electron chi connectivity index (χ4n) is 2.23. The predicted octanol–water partition coefficient (Wildman–Crippen LogP) is 1.76. The van der Waals surface area contributed by atoms with E-state index in [1.165, 1.54) is 6.42 Å². The molecule has 0 bridgehead atoms. The van der Waals surface area contributed by atoms with Crippen molar-refractivity contribution < 1.29 is 4.79 Å². The molecule has 2 N–H and O–H groups in total. The molecule has 0 aromatic heterocycles. The van der Waals surface area contributed by atoms with Crippen LogP contribution in [0.1, 0.15) is 46.0 Å². The molecule has 1 unspecified atom stereocenters. The van der Waals surface area contributed by atoms with Gasteiger partial charge in [-0.05, 0) is 37.6 Å². The van der Waals surface area contributed by atoms with Crippen LogP contribution in [-0.2, 0) is 4.79 Å². The number of carbonyl (C=O) groups excluding carboxylic acids is 1. The molecule has 0 aromatic carbocycles. The highest BCUT2D eigenvalue weighted by atomic mass is 16.2. The fraction of sp³-hybridized carbons (Fsp3) is 0.917. The highest BCUT2D eigenvalue weighted by Gasteiger charge is 2.30. The van der Waals surface area contributed by atoms with E-state index in [0.29, 0.717) is 24.3 Å². The van der Waals surface area contributed by atoms with Crippen LogP contribution in [-0.4, -0.2) is 30.4 Å². The number of nitrogens with zero attached hydrogens (tertiary/aromatic N) is 1. The van der Waals surface area contributed by atoms with Gasteiger partial charge < -0.3 is 10.6 Å². The van der Waals surface area contributed by atoms with Crippen molar-refractivity contribution >= 4 is 5.91 Å². The average Bonchev–Trinajstić information content (AvgIpc) is 2.26. The quantitative estimate of drug-likeness (QED) is 0.772. The lowest BCUT2D eigenvalue weighted by atomic mass is 9.79. The predicted molar refractivity (Wildman–Crippen MR) is 62.5 cm³/mol. The Morgan fingerprint density at radius 3 is 2.87 bits per heavy atom. The summed E-state index contributed by atoms with van der Waals surface area (Å²) in [6, 6.07) is 0. The van der Waals surface area contributed by atoms with Gasteiger partial charge in [0.2, 0.25) is 5.91 Å². The Bertz CT molecular complexity index is 218. The molecule has 3 nitrogen and oxygen atoms in total. The third-order valence-electron chi connectivity index (χ3n) is 3.58. The maximum absolute atomic E-state index is 11.8. The summed E-state index contributed by atoms with van der Waals surface area (Å²) in [5.74, 6) is 0.292. The van der Waals surface area contributed by atoms with E-state index in [2.05, 4.69) is 13.8 Å². The molecular weight excluding hydrogens is 188 g/mol. The van der Waals surface area contributed by atoms with E-state index < -0.39 is 0 Å². The number of likely N-dealkylation sites (tertiary alicyclic amines) is 1. The molecule has 3 heteroatoms. The highest BCUT2D eigenvalue weighted by Crippen LogP contribution is 2.32. The largest absolute Gasteiger partial charge is 0.342 e. The maximum Gasteiger partial charge on any atom is 0.222 e. The molecule has 0 spiro atoms. The van der Waals surface area contributed by atoms with E-state index >= 15 is 0 Å². The van der Waals surface area contributed by atoms with Gasteiger partial charge in [0, 0.05) is 19.5 Å². The van der Waals surface area contributed by atoms with Crippen molar-refractivity contribution in [3.63, 3.8) is 0 Å². The van der Waals surface area contributed by atoms with Crippen LogP contribution >= 0.6 is 0 Å². The highest BCUT2D eigenvalue weighted by molar-refractivity contribution is 5.76. The zero-order valence-electron chi connectivity index (χ0n) is 10.1. The van der Waals surface area contributed by atoms with Crippen molar-refractivity contribution in [2.75, 3.05) is 19.6 Å². The summed E-state index contributed by atoms with van der Waals surface area (Å²) in [5.41, 5.74) is 5.76. The fourth-order valence-corrected chi connectivity index (χ4v) is 2.23. The SMILES string of the molecule is CCC1(C)CCCN(C(=O)CCCN)C1. The third kappa shape index (κ3) is 3.49. The van der Waals surface area contributed by atoms with Gasteiger partial charge in [0.15, 0.2) is 0 Å². The lowest BCUT2D eigenvalue weighted by Crippen LogP contribution is -2.44. The Kier molecular flexibility index (Phi) is 4.58. The Morgan fingerprint density at radius 1 is 1.53 bits per heavy atom. The number of nitrogens with two attached hydrogens (primary N) is 1. The molecule has 1 amide bonds. The molecule has 1 aliphatic rings. The normalized spacial score (nSPS) is 26.7. The van der Waals surface area contributed by atoms with Gasteiger partial charge >= 0.3 is 0 Å². The molecule has 15 heavy (non-hydrogen) atoms. The Labute approximate surface area is 93.0 Å². The van der Waals surface area contributed by atoms with Gasteiger partial charge in [0.1, 0.15) is 0 Å². The first-order valence-corrected chi connectivity index (χ1v) is 6.09. The van der Waals surface area contributed by atoms with Crippen LogP contribution in [0, 0.1) is 5.41 Å². The van der Waals surface area contributed by atoms with Gasteiger partial charge in [0.05, 0.1) is 0 Å². The molecule has 1 fully saturated rings. The third-order valence-corrected chi connectivity index (χ3v) is 3.58. The topological polar surface area (TPSA) is 46.3 Å². The molecule has 1 heterocycles. The van der Waals surface area contributed by atoms with Crippen molar-refractivity contribution in [3.8, 4) is 0 Å². The Hall–Kier alpha value is -0.570. The van der Waals surface area contributed by atoms with Crippen LogP contribution in [0.15, 0.2) is 0 Å². The first-order valence-electron chi connectivity index (χ1n) is 6.09. The molecule has 0 radical (unpaired) electrons. The van der Waals surface area contributed by atoms with Crippen LogP contribution in [0.25, 0.3) is 0 Å². The number of amides is 1. The molecule has 1 saturated heterocycles. The van der Waals surface area contributed by atoms with Crippen LogP contribution in [0.5, 0.6) is 0 Å². The molecule has 0 saturated carbocycles. The van der Waals surface area contributed by atoms with E-state index in [4.69, 9.17) is 5.73 Å². The van der Waals surface area contributed by atoms with E-state index in [0.717, 1.165) is 32.4 Å². The summed E-state index contributed by atoms with van der Waals surface area (Å²) in [5, 5.41) is 0. The lowest BCUT2D eigenvalue weighted by molar-refractivity contribution is -0.134. The second-order valence-electron chi connectivity index (χ2n) is 4.98. The molecule has 1 aliphatic heterocycles. The summed E-state index contributed by atoms with van der Waals surface area (Å²) < 4.78 is 0. The minimum Gasteiger partial charge on any atom is -0.342 e. The van der Waals surface area contributed by atoms with Crippen LogP contribution in [0.2, 0.25) is 0 Å². The van der Waals surface area contributed by atoms with Crippen LogP contribution in [0.4, 0.5) is 0 Å². The van der Waals surface area contributed by atoms with Gasteiger partial charge in [-0.3, -0.25) is 4.79 Å². The number of rotatable bonds is 4. The van der Waals surface area contributed by atoms with Gasteiger partial charge in [-0.15, -0.1) is 0 Å². The Morgan fingerprint density at radius 2 is 2.27 bits per heavy atom. The zero-order valence-corrected chi connectivity index (χ0v) is 10.1. The molecule has 1 atom stereocenters. The number of carbonyl (C=O) groups is 1. The first-order chi connectivity index (χ1) is 7.11. The van der Waals surface area contributed by atoms with E-state index in [9.17, 15) is 4.79 Å². The summed E-state index contributed by atoms with van der Waals surface area (Å²) in [6.45, 7) is 7.00. The van der Waals surface area contributed by atoms with Gasteiger partial charge in [0.25, 0.3) is 0 Å². The summed E-state index contributed by atoms with van der Waals surface area (Å²) in [4.78, 5) is 13.9. The summed E-state index contributed by atoms with van der Waals surface area (Å²) >= 11 is 0. The summed E-state index contributed by atoms with van der Waals surface area (Å²) in [6.07, 6.45) is 5.00. The van der Waals surface area contributed by atoms with Crippen molar-refractivity contribution in [2.45, 2.75) is 46.0 Å². The number of piperidine rings is 1. The minimum absolute atomic E-state index is 0.292. The van der Waals surface area contributed by atoms with E-state index in [1.54, 1.807) is 0 Å². The monoisotopic (exact) mass is 212 g/mol. The maximum atomic E-state index is 11.8. The van der Waals surface area contributed by atoms with Crippen molar-refractivity contribution in [3.05, 3.63) is 0 Å². The lowest BCUT2D eigenvalue weighted by Gasteiger charge is -2.40. The molecule has 0 aromatic rings. The number of hydrogen-bond donors (Lipinski definition) is 1. The smallest absolute Gasteiger partial charge is 0.222 e. The zero-order chi connectivity index (χ0) is 11.3. The van der Waals surface area contributed by atoms with E-state index in [-0.39, 0.29) is 0 Å². The molecule has 1 rings (SSSR count). The molecule has 0 aliphatic carbocycles. The van der Waals surface area contributed by atoms with E-state index in [1.807, 2.05) is 4.90 Å². The molecule has 88 valence electrons. The van der Waals surface area contributed by atoms with Crippen LogP contribution < -0.4 is 5.73 Å². The van der Waals surface area contributed by atoms with Gasteiger partial charge in [-0.2, -0.15) is 0 Å². The minimum atomic E-state index is 0.292. The first kappa shape index (κ1) is 12.5. The second-order valence-corrected chi connectivity index (χ2v) is 4.98. The Balaban J connectivity index is 2.45. The van der Waals surface area contributed by atoms with Crippen molar-refractivity contribution in [1.29, 1.82) is 0 Å². The standard InChI is InChI=1S/C12H24N2O/c1-3-12(2)7-5-9-14(10-12)11(15)6-4-8-13/h3-10,13H2,1-2H3. The van der Waals surface area contributed by atoms with Crippen LogP contribution in [0.3, 0.4) is 0 Å². The average molecular weight is 212 g/mol. The number of hydrogen-bond acceptors (Lipinski definition) is 2. The van der Waals surface area contributed by atoms with Crippen molar-refractivity contribution in [1.82, 2.24) is 4.90 Å². The van der Waals surface area contributed by atoms with Gasteiger partial charge in [-0.25, -0.2) is 0 Å². The second kappa shape index (κ2) is 5.50. The molecular formula is C12H24N2O.